The van der Waals surface area contributed by atoms with Crippen LogP contribution in [0.5, 0.6) is 5.75 Å². The van der Waals surface area contributed by atoms with Crippen molar-refractivity contribution in [1.29, 1.82) is 0 Å². The van der Waals surface area contributed by atoms with E-state index in [-0.39, 0.29) is 0 Å². The van der Waals surface area contributed by atoms with Gasteiger partial charge in [0.25, 0.3) is 0 Å². The average molecular weight is 246 g/mol. The molecule has 1 aromatic carbocycles. The van der Waals surface area contributed by atoms with Gasteiger partial charge >= 0.3 is 6.18 Å². The van der Waals surface area contributed by atoms with Gasteiger partial charge < -0.3 is 4.74 Å². The molecule has 0 aliphatic carbocycles. The molecular weight excluding hydrogens is 229 g/mol. The molecule has 1 nitrogen and oxygen atoms in total. The molecule has 1 rings (SSSR count). The normalized spacial score (nSPS) is 11.5. The second kappa shape index (κ2) is 6.52. The Morgan fingerprint density at radius 3 is 2.47 bits per heavy atom. The van der Waals surface area contributed by atoms with Crippen LogP contribution in [0.2, 0.25) is 0 Å². The summed E-state index contributed by atoms with van der Waals surface area (Å²) < 4.78 is 41.0. The number of rotatable bonds is 6. The molecule has 0 aliphatic heterocycles. The van der Waals surface area contributed by atoms with Crippen molar-refractivity contribution in [2.75, 3.05) is 6.61 Å². The molecule has 96 valence electrons. The minimum Gasteiger partial charge on any atom is -0.484 e. The second-order valence-corrected chi connectivity index (χ2v) is 3.97. The van der Waals surface area contributed by atoms with Gasteiger partial charge in [-0.05, 0) is 24.5 Å². The maximum Gasteiger partial charge on any atom is 0.422 e. The van der Waals surface area contributed by atoms with Gasteiger partial charge in [-0.25, -0.2) is 0 Å². The van der Waals surface area contributed by atoms with Crippen molar-refractivity contribution in [2.24, 2.45) is 0 Å². The van der Waals surface area contributed by atoms with Gasteiger partial charge in [-0.2, -0.15) is 13.2 Å². The highest BCUT2D eigenvalue weighted by atomic mass is 19.4. The number of ether oxygens (including phenoxy) is 1. The van der Waals surface area contributed by atoms with Crippen molar-refractivity contribution in [1.82, 2.24) is 0 Å². The number of benzene rings is 1. The zero-order valence-corrected chi connectivity index (χ0v) is 9.89. The average Bonchev–Trinajstić information content (AvgIpc) is 2.27. The van der Waals surface area contributed by atoms with E-state index in [1.807, 2.05) is 12.1 Å². The maximum atomic E-state index is 12.1. The highest BCUT2D eigenvalue weighted by molar-refractivity contribution is 5.33. The molecule has 0 bridgehead atoms. The SMILES string of the molecule is CCCCCc1ccccc1OCC(F)(F)F. The Balaban J connectivity index is 2.58. The minimum atomic E-state index is -4.28. The molecule has 0 radical (unpaired) electrons. The molecule has 0 heterocycles. The highest BCUT2D eigenvalue weighted by Crippen LogP contribution is 2.23. The molecule has 0 saturated heterocycles. The third kappa shape index (κ3) is 5.61. The molecule has 0 aromatic heterocycles. The summed E-state index contributed by atoms with van der Waals surface area (Å²) in [7, 11) is 0. The number of hydrogen-bond acceptors (Lipinski definition) is 1. The first-order chi connectivity index (χ1) is 8.03. The summed E-state index contributed by atoms with van der Waals surface area (Å²) in [4.78, 5) is 0. The van der Waals surface area contributed by atoms with Crippen LogP contribution in [-0.4, -0.2) is 12.8 Å². The number of para-hydroxylation sites is 1. The van der Waals surface area contributed by atoms with Gasteiger partial charge in [0.15, 0.2) is 6.61 Å². The first-order valence-corrected chi connectivity index (χ1v) is 5.80. The lowest BCUT2D eigenvalue weighted by atomic mass is 10.1. The number of hydrogen-bond donors (Lipinski definition) is 0. The summed E-state index contributed by atoms with van der Waals surface area (Å²) in [5, 5.41) is 0. The fourth-order valence-corrected chi connectivity index (χ4v) is 1.58. The lowest BCUT2D eigenvalue weighted by Gasteiger charge is -2.12. The Bertz CT molecular complexity index is 334. The molecule has 0 fully saturated rings. The third-order valence-corrected chi connectivity index (χ3v) is 2.41. The molecule has 4 heteroatoms. The second-order valence-electron chi connectivity index (χ2n) is 3.97. The monoisotopic (exact) mass is 246 g/mol. The molecule has 0 amide bonds. The zero-order valence-electron chi connectivity index (χ0n) is 9.89. The summed E-state index contributed by atoms with van der Waals surface area (Å²) in [6.07, 6.45) is -0.375. The summed E-state index contributed by atoms with van der Waals surface area (Å²) in [5.41, 5.74) is 0.852. The van der Waals surface area contributed by atoms with E-state index in [9.17, 15) is 13.2 Å². The van der Waals surface area contributed by atoms with Gasteiger partial charge in [0.1, 0.15) is 5.75 Å². The Morgan fingerprint density at radius 2 is 1.82 bits per heavy atom. The number of aryl methyl sites for hydroxylation is 1. The smallest absolute Gasteiger partial charge is 0.422 e. The molecule has 0 unspecified atom stereocenters. The molecule has 1 aromatic rings. The van der Waals surface area contributed by atoms with Crippen molar-refractivity contribution in [3.63, 3.8) is 0 Å². The van der Waals surface area contributed by atoms with Gasteiger partial charge in [-0.3, -0.25) is 0 Å². The van der Waals surface area contributed by atoms with Crippen LogP contribution >= 0.6 is 0 Å². The fourth-order valence-electron chi connectivity index (χ4n) is 1.58. The van der Waals surface area contributed by atoms with E-state index in [1.54, 1.807) is 12.1 Å². The van der Waals surface area contributed by atoms with Gasteiger partial charge in [-0.1, -0.05) is 38.0 Å². The van der Waals surface area contributed by atoms with Crippen molar-refractivity contribution in [3.8, 4) is 5.75 Å². The molecule has 17 heavy (non-hydrogen) atoms. The van der Waals surface area contributed by atoms with Crippen molar-refractivity contribution < 1.29 is 17.9 Å². The van der Waals surface area contributed by atoms with Crippen LogP contribution in [0, 0.1) is 0 Å². The summed E-state index contributed by atoms with van der Waals surface area (Å²) in [6.45, 7) is 0.865. The number of unbranched alkanes of at least 4 members (excludes halogenated alkanes) is 2. The van der Waals surface area contributed by atoms with Gasteiger partial charge in [0.2, 0.25) is 0 Å². The van der Waals surface area contributed by atoms with Crippen molar-refractivity contribution >= 4 is 0 Å². The summed E-state index contributed by atoms with van der Waals surface area (Å²) >= 11 is 0. The first-order valence-electron chi connectivity index (χ1n) is 5.80. The third-order valence-electron chi connectivity index (χ3n) is 2.41. The van der Waals surface area contributed by atoms with Crippen molar-refractivity contribution in [3.05, 3.63) is 29.8 Å². The van der Waals surface area contributed by atoms with E-state index in [2.05, 4.69) is 6.92 Å². The molecule has 0 spiro atoms. The molecule has 0 aliphatic rings. The van der Waals surface area contributed by atoms with E-state index in [4.69, 9.17) is 4.74 Å². The largest absolute Gasteiger partial charge is 0.484 e. The van der Waals surface area contributed by atoms with E-state index >= 15 is 0 Å². The Kier molecular flexibility index (Phi) is 5.32. The van der Waals surface area contributed by atoms with E-state index in [1.165, 1.54) is 0 Å². The summed E-state index contributed by atoms with van der Waals surface area (Å²) in [5.74, 6) is 0.348. The van der Waals surface area contributed by atoms with Crippen LogP contribution in [0.3, 0.4) is 0 Å². The quantitative estimate of drug-likeness (QED) is 0.677. The fraction of sp³-hybridized carbons (Fsp3) is 0.538. The number of alkyl halides is 3. The van der Waals surface area contributed by atoms with Crippen LogP contribution in [-0.2, 0) is 6.42 Å². The Morgan fingerprint density at radius 1 is 1.12 bits per heavy atom. The molecule has 0 N–H and O–H groups in total. The first kappa shape index (κ1) is 13.9. The predicted octanol–water partition coefficient (Wildman–Crippen LogP) is 4.36. The number of halogens is 3. The lowest BCUT2D eigenvalue weighted by Crippen LogP contribution is -2.19. The van der Waals surface area contributed by atoms with Crippen LogP contribution in [0.15, 0.2) is 24.3 Å². The van der Waals surface area contributed by atoms with E-state index in [0.717, 1.165) is 31.2 Å². The van der Waals surface area contributed by atoms with Gasteiger partial charge in [0.05, 0.1) is 0 Å². The van der Waals surface area contributed by atoms with Crippen molar-refractivity contribution in [2.45, 2.75) is 38.8 Å². The Hall–Kier alpha value is -1.19. The van der Waals surface area contributed by atoms with Crippen LogP contribution in [0.4, 0.5) is 13.2 Å². The Labute approximate surface area is 99.6 Å². The predicted molar refractivity (Wildman–Crippen MR) is 61.2 cm³/mol. The zero-order chi connectivity index (χ0) is 12.7. The summed E-state index contributed by atoms with van der Waals surface area (Å²) in [6, 6.07) is 6.92. The topological polar surface area (TPSA) is 9.23 Å². The lowest BCUT2D eigenvalue weighted by molar-refractivity contribution is -0.153. The van der Waals surface area contributed by atoms with Gasteiger partial charge in [-0.15, -0.1) is 0 Å². The molecule has 0 saturated carbocycles. The maximum absolute atomic E-state index is 12.1. The van der Waals surface area contributed by atoms with Crippen LogP contribution < -0.4 is 4.74 Å². The highest BCUT2D eigenvalue weighted by Gasteiger charge is 2.28. The standard InChI is InChI=1S/C13H17F3O/c1-2-3-4-7-11-8-5-6-9-12(11)17-10-13(14,15)16/h5-6,8-9H,2-4,7,10H2,1H3. The van der Waals surface area contributed by atoms with E-state index in [0.29, 0.717) is 5.75 Å². The molecule has 0 atom stereocenters. The van der Waals surface area contributed by atoms with Crippen LogP contribution in [0.1, 0.15) is 31.7 Å². The molecular formula is C13H17F3O. The van der Waals surface area contributed by atoms with E-state index < -0.39 is 12.8 Å². The minimum absolute atomic E-state index is 0.348. The van der Waals surface area contributed by atoms with Gasteiger partial charge in [0, 0.05) is 0 Å². The van der Waals surface area contributed by atoms with Crippen LogP contribution in [0.25, 0.3) is 0 Å².